The Bertz CT molecular complexity index is 845. The Labute approximate surface area is 185 Å². The summed E-state index contributed by atoms with van der Waals surface area (Å²) in [5.41, 5.74) is -0.0340. The first kappa shape index (κ1) is 24.4. The van der Waals surface area contributed by atoms with Crippen LogP contribution in [-0.4, -0.2) is 19.7 Å². The molecule has 168 valence electrons. The molecule has 0 saturated carbocycles. The molecular formula is C26H34O5. The number of hydrogen-bond donors (Lipinski definition) is 0. The van der Waals surface area contributed by atoms with Gasteiger partial charge in [-0.25, -0.2) is 4.79 Å². The summed E-state index contributed by atoms with van der Waals surface area (Å²) < 4.78 is 16.1. The van der Waals surface area contributed by atoms with Gasteiger partial charge in [0.15, 0.2) is 5.75 Å². The highest BCUT2D eigenvalue weighted by molar-refractivity contribution is 5.91. The molecule has 0 aliphatic rings. The van der Waals surface area contributed by atoms with Crippen LogP contribution in [-0.2, 0) is 0 Å². The van der Waals surface area contributed by atoms with Gasteiger partial charge in [-0.2, -0.15) is 0 Å². The van der Waals surface area contributed by atoms with Gasteiger partial charge in [-0.15, -0.1) is 0 Å². The van der Waals surface area contributed by atoms with Crippen LogP contribution >= 0.6 is 0 Å². The fraction of sp³-hybridized carbons (Fsp3) is 0.462. The molecular weight excluding hydrogens is 392 g/mol. The molecule has 0 fully saturated rings. The summed E-state index contributed by atoms with van der Waals surface area (Å²) in [6.45, 7) is 2.84. The first-order valence-corrected chi connectivity index (χ1v) is 11.3. The van der Waals surface area contributed by atoms with Gasteiger partial charge in [-0.05, 0) is 55.0 Å². The number of ether oxygens (including phenoxy) is 3. The number of hydrogen-bond acceptors (Lipinski definition) is 5. The molecule has 0 heterocycles. The summed E-state index contributed by atoms with van der Waals surface area (Å²) in [4.78, 5) is 24.5. The zero-order chi connectivity index (χ0) is 22.3. The summed E-state index contributed by atoms with van der Waals surface area (Å²) in [6, 6.07) is 12.6. The Balaban J connectivity index is 1.76. The SMILES string of the molecule is CCCCCCCCCCCOc1ccc(OC(=O)c2ccc(OC)cc2)c(=O)cc1. The molecule has 2 aromatic rings. The number of methoxy groups -OCH3 is 1. The van der Waals surface area contributed by atoms with Crippen LogP contribution < -0.4 is 19.6 Å². The van der Waals surface area contributed by atoms with Crippen molar-refractivity contribution in [3.63, 3.8) is 0 Å². The van der Waals surface area contributed by atoms with Crippen molar-refractivity contribution in [2.45, 2.75) is 64.7 Å². The van der Waals surface area contributed by atoms with Gasteiger partial charge >= 0.3 is 5.97 Å². The van der Waals surface area contributed by atoms with Gasteiger partial charge in [0, 0.05) is 0 Å². The molecule has 0 radical (unpaired) electrons. The minimum atomic E-state index is -0.594. The molecule has 0 atom stereocenters. The Hall–Kier alpha value is -2.82. The first-order chi connectivity index (χ1) is 15.1. The third kappa shape index (κ3) is 9.24. The Morgan fingerprint density at radius 3 is 1.97 bits per heavy atom. The van der Waals surface area contributed by atoms with Crippen LogP contribution in [0.5, 0.6) is 17.2 Å². The Kier molecular flexibility index (Phi) is 11.2. The van der Waals surface area contributed by atoms with Crippen molar-refractivity contribution in [3.05, 3.63) is 64.3 Å². The van der Waals surface area contributed by atoms with Crippen LogP contribution in [0.3, 0.4) is 0 Å². The lowest BCUT2D eigenvalue weighted by molar-refractivity contribution is 0.0733. The quantitative estimate of drug-likeness (QED) is 0.266. The van der Waals surface area contributed by atoms with E-state index in [4.69, 9.17) is 14.2 Å². The topological polar surface area (TPSA) is 61.8 Å². The van der Waals surface area contributed by atoms with E-state index in [0.717, 1.165) is 12.8 Å². The summed E-state index contributed by atoms with van der Waals surface area (Å²) in [6.07, 6.45) is 11.3. The normalized spacial score (nSPS) is 10.5. The van der Waals surface area contributed by atoms with Crippen molar-refractivity contribution in [2.24, 2.45) is 0 Å². The van der Waals surface area contributed by atoms with Gasteiger partial charge < -0.3 is 14.2 Å². The second-order valence-corrected chi connectivity index (χ2v) is 7.59. The Morgan fingerprint density at radius 1 is 0.742 bits per heavy atom. The van der Waals surface area contributed by atoms with Gasteiger partial charge in [-0.1, -0.05) is 58.3 Å². The molecule has 2 aromatic carbocycles. The molecule has 0 aliphatic heterocycles. The molecule has 0 aliphatic carbocycles. The molecule has 0 bridgehead atoms. The zero-order valence-corrected chi connectivity index (χ0v) is 18.7. The number of esters is 1. The maximum absolute atomic E-state index is 12.3. The van der Waals surface area contributed by atoms with Crippen molar-refractivity contribution in [1.82, 2.24) is 0 Å². The lowest BCUT2D eigenvalue weighted by Crippen LogP contribution is -2.13. The minimum Gasteiger partial charge on any atom is -0.497 e. The Morgan fingerprint density at radius 2 is 1.32 bits per heavy atom. The lowest BCUT2D eigenvalue weighted by Gasteiger charge is -2.05. The summed E-state index contributed by atoms with van der Waals surface area (Å²) in [5, 5.41) is 0. The smallest absolute Gasteiger partial charge is 0.343 e. The van der Waals surface area contributed by atoms with Crippen molar-refractivity contribution in [2.75, 3.05) is 13.7 Å². The molecule has 0 spiro atoms. The van der Waals surface area contributed by atoms with Crippen LogP contribution in [0.4, 0.5) is 0 Å². The minimum absolute atomic E-state index is 0.0289. The molecule has 5 heteroatoms. The average Bonchev–Trinajstić information content (AvgIpc) is 2.96. The van der Waals surface area contributed by atoms with Gasteiger partial charge in [0.25, 0.3) is 0 Å². The zero-order valence-electron chi connectivity index (χ0n) is 18.7. The number of unbranched alkanes of at least 4 members (excludes halogenated alkanes) is 8. The standard InChI is InChI=1S/C26H34O5/c1-3-4-5-6-7-8-9-10-11-20-30-23-16-18-24(27)25(19-17-23)31-26(28)21-12-14-22(29-2)15-13-21/h12-19H,3-11,20H2,1-2H3. The molecule has 0 aromatic heterocycles. The molecule has 0 N–H and O–H groups in total. The fourth-order valence-corrected chi connectivity index (χ4v) is 3.20. The maximum atomic E-state index is 12.3. The molecule has 0 saturated heterocycles. The summed E-state index contributed by atoms with van der Waals surface area (Å²) in [7, 11) is 1.55. The lowest BCUT2D eigenvalue weighted by atomic mass is 10.1. The largest absolute Gasteiger partial charge is 0.497 e. The van der Waals surface area contributed by atoms with Crippen LogP contribution in [0.15, 0.2) is 53.3 Å². The van der Waals surface area contributed by atoms with E-state index in [1.807, 2.05) is 0 Å². The monoisotopic (exact) mass is 426 g/mol. The number of benzene rings is 1. The predicted octanol–water partition coefficient (Wildman–Crippen LogP) is 6.18. The van der Waals surface area contributed by atoms with Gasteiger partial charge in [-0.3, -0.25) is 4.79 Å². The van der Waals surface area contributed by atoms with E-state index in [-0.39, 0.29) is 11.2 Å². The van der Waals surface area contributed by atoms with Crippen molar-refractivity contribution >= 4 is 5.97 Å². The van der Waals surface area contributed by atoms with E-state index in [1.54, 1.807) is 43.5 Å². The predicted molar refractivity (Wildman–Crippen MR) is 123 cm³/mol. The number of carbonyl (C=O) groups is 1. The van der Waals surface area contributed by atoms with Gasteiger partial charge in [0.2, 0.25) is 5.43 Å². The van der Waals surface area contributed by atoms with Crippen LogP contribution in [0.1, 0.15) is 75.1 Å². The van der Waals surface area contributed by atoms with Crippen LogP contribution in [0.25, 0.3) is 0 Å². The van der Waals surface area contributed by atoms with Crippen LogP contribution in [0, 0.1) is 0 Å². The van der Waals surface area contributed by atoms with Crippen molar-refractivity contribution in [1.29, 1.82) is 0 Å². The number of carbonyl (C=O) groups excluding carboxylic acids is 1. The average molecular weight is 427 g/mol. The molecule has 0 unspecified atom stereocenters. The fourth-order valence-electron chi connectivity index (χ4n) is 3.20. The van der Waals surface area contributed by atoms with E-state index in [1.165, 1.54) is 57.1 Å². The third-order valence-electron chi connectivity index (χ3n) is 5.09. The molecule has 0 amide bonds. The highest BCUT2D eigenvalue weighted by Crippen LogP contribution is 2.16. The highest BCUT2D eigenvalue weighted by atomic mass is 16.5. The molecule has 5 nitrogen and oxygen atoms in total. The maximum Gasteiger partial charge on any atom is 0.343 e. The third-order valence-corrected chi connectivity index (χ3v) is 5.09. The summed E-state index contributed by atoms with van der Waals surface area (Å²) >= 11 is 0. The second-order valence-electron chi connectivity index (χ2n) is 7.59. The van der Waals surface area contributed by atoms with Crippen molar-refractivity contribution in [3.8, 4) is 17.2 Å². The van der Waals surface area contributed by atoms with Crippen LogP contribution in [0.2, 0.25) is 0 Å². The molecule has 31 heavy (non-hydrogen) atoms. The number of rotatable bonds is 14. The van der Waals surface area contributed by atoms with E-state index >= 15 is 0 Å². The van der Waals surface area contributed by atoms with Crippen molar-refractivity contribution < 1.29 is 19.0 Å². The second kappa shape index (κ2) is 14.2. The van der Waals surface area contributed by atoms with E-state index in [2.05, 4.69) is 6.92 Å². The highest BCUT2D eigenvalue weighted by Gasteiger charge is 2.10. The van der Waals surface area contributed by atoms with E-state index in [0.29, 0.717) is 23.7 Å². The van der Waals surface area contributed by atoms with Gasteiger partial charge in [0.05, 0.1) is 19.3 Å². The first-order valence-electron chi connectivity index (χ1n) is 11.3. The van der Waals surface area contributed by atoms with E-state index in [9.17, 15) is 9.59 Å². The summed E-state index contributed by atoms with van der Waals surface area (Å²) in [5.74, 6) is 0.603. The van der Waals surface area contributed by atoms with Gasteiger partial charge in [0.1, 0.15) is 11.5 Å². The molecule has 2 rings (SSSR count). The van der Waals surface area contributed by atoms with E-state index < -0.39 is 5.97 Å².